The number of hydrogen-bond acceptors (Lipinski definition) is 5. The number of piperidine rings is 1. The average Bonchev–Trinajstić information content (AvgIpc) is 3.49. The molecule has 2 aliphatic heterocycles. The highest BCUT2D eigenvalue weighted by Crippen LogP contribution is 2.41. The van der Waals surface area contributed by atoms with Gasteiger partial charge in [0.1, 0.15) is 0 Å². The fraction of sp³-hybridized carbons (Fsp3) is 0.682. The van der Waals surface area contributed by atoms with Crippen molar-refractivity contribution in [2.45, 2.75) is 51.0 Å². The molecule has 0 amide bonds. The van der Waals surface area contributed by atoms with Gasteiger partial charge in [-0.1, -0.05) is 6.07 Å². The molecule has 35 heavy (non-hydrogen) atoms. The summed E-state index contributed by atoms with van der Waals surface area (Å²) in [6.07, 6.45) is -1.07. The van der Waals surface area contributed by atoms with Crippen LogP contribution in [0.4, 0.5) is 26.3 Å². The number of pyridine rings is 1. The monoisotopic (exact) mass is 513 g/mol. The normalized spacial score (nSPS) is 23.1. The Bertz CT molecular complexity index is 809. The molecule has 13 heteroatoms. The molecule has 1 unspecified atom stereocenters. The molecule has 1 atom stereocenters. The third-order valence-corrected chi connectivity index (χ3v) is 6.07. The van der Waals surface area contributed by atoms with Crippen LogP contribution in [0.3, 0.4) is 0 Å². The highest BCUT2D eigenvalue weighted by Gasteiger charge is 2.42. The maximum Gasteiger partial charge on any atom is 0.490 e. The van der Waals surface area contributed by atoms with Crippen molar-refractivity contribution in [3.63, 3.8) is 0 Å². The van der Waals surface area contributed by atoms with Crippen LogP contribution in [0.25, 0.3) is 0 Å². The first-order valence-electron chi connectivity index (χ1n) is 11.1. The van der Waals surface area contributed by atoms with Gasteiger partial charge in [-0.2, -0.15) is 26.3 Å². The van der Waals surface area contributed by atoms with Crippen molar-refractivity contribution in [1.82, 2.24) is 14.8 Å². The van der Waals surface area contributed by atoms with Crippen LogP contribution in [0.1, 0.15) is 37.8 Å². The number of alkyl halides is 6. The lowest BCUT2D eigenvalue weighted by Gasteiger charge is -2.40. The molecular formula is C22H29F6N3O4. The number of carboxylic acids is 2. The van der Waals surface area contributed by atoms with Gasteiger partial charge in [-0.25, -0.2) is 9.59 Å². The molecule has 3 aliphatic rings. The van der Waals surface area contributed by atoms with Crippen LogP contribution in [-0.2, 0) is 16.1 Å². The van der Waals surface area contributed by atoms with Gasteiger partial charge in [0, 0.05) is 32.4 Å². The lowest BCUT2D eigenvalue weighted by molar-refractivity contribution is -0.193. The molecule has 1 aromatic rings. The summed E-state index contributed by atoms with van der Waals surface area (Å²) in [7, 11) is 0. The standard InChI is InChI=1S/C18H27N3.2C2HF3O2/c1-2-9-19-17(4-1)13-20-10-3-7-18(14-20)8-11-21(15-18)12-16-5-6-16;2*3-2(4,5)1(6)7/h1-2,4,9,16H,3,5-8,10-15H2;2*(H,6,7). The third kappa shape index (κ3) is 10.4. The van der Waals surface area contributed by atoms with Gasteiger partial charge in [0.25, 0.3) is 0 Å². The SMILES string of the molecule is O=C(O)C(F)(F)F.O=C(O)C(F)(F)F.c1ccc(CN2CCCC3(CCN(CC4CC4)C3)C2)nc1. The maximum atomic E-state index is 10.6. The van der Waals surface area contributed by atoms with Crippen LogP contribution in [0.2, 0.25) is 0 Å². The summed E-state index contributed by atoms with van der Waals surface area (Å²) in [5.74, 6) is -4.48. The van der Waals surface area contributed by atoms with Crippen molar-refractivity contribution < 1.29 is 46.1 Å². The summed E-state index contributed by atoms with van der Waals surface area (Å²) < 4.78 is 63.5. The summed E-state index contributed by atoms with van der Waals surface area (Å²) in [5, 5.41) is 14.2. The van der Waals surface area contributed by atoms with Crippen LogP contribution in [-0.4, -0.2) is 82.0 Å². The number of aliphatic carboxylic acids is 2. The lowest BCUT2D eigenvalue weighted by atomic mass is 9.79. The number of nitrogens with zero attached hydrogens (tertiary/aromatic N) is 3. The maximum absolute atomic E-state index is 10.6. The Morgan fingerprint density at radius 3 is 2.00 bits per heavy atom. The Kier molecular flexibility index (Phi) is 9.90. The number of aromatic nitrogens is 1. The van der Waals surface area contributed by atoms with Crippen molar-refractivity contribution in [1.29, 1.82) is 0 Å². The Labute approximate surface area is 198 Å². The van der Waals surface area contributed by atoms with E-state index in [1.54, 1.807) is 0 Å². The lowest BCUT2D eigenvalue weighted by Crippen LogP contribution is -2.44. The number of hydrogen-bond donors (Lipinski definition) is 2. The number of carboxylic acid groups (broad SMARTS) is 2. The molecule has 1 aromatic heterocycles. The molecular weight excluding hydrogens is 484 g/mol. The number of carbonyl (C=O) groups is 2. The van der Waals surface area contributed by atoms with E-state index in [1.807, 2.05) is 12.3 Å². The van der Waals surface area contributed by atoms with Crippen LogP contribution in [0, 0.1) is 11.3 Å². The quantitative estimate of drug-likeness (QED) is 0.587. The summed E-state index contributed by atoms with van der Waals surface area (Å²) >= 11 is 0. The second-order valence-electron chi connectivity index (χ2n) is 9.17. The predicted molar refractivity (Wildman–Crippen MR) is 112 cm³/mol. The molecule has 198 valence electrons. The van der Waals surface area contributed by atoms with E-state index >= 15 is 0 Å². The van der Waals surface area contributed by atoms with Crippen LogP contribution < -0.4 is 0 Å². The van der Waals surface area contributed by atoms with E-state index in [9.17, 15) is 26.3 Å². The minimum absolute atomic E-state index is 0.585. The first kappa shape index (κ1) is 28.8. The van der Waals surface area contributed by atoms with Gasteiger partial charge in [0.05, 0.1) is 5.69 Å². The fourth-order valence-electron chi connectivity index (χ4n) is 4.35. The number of rotatable bonds is 4. The first-order valence-corrected chi connectivity index (χ1v) is 11.1. The van der Waals surface area contributed by atoms with E-state index in [4.69, 9.17) is 19.8 Å². The largest absolute Gasteiger partial charge is 0.490 e. The topological polar surface area (TPSA) is 94.0 Å². The Hall–Kier alpha value is -2.41. The van der Waals surface area contributed by atoms with Crippen molar-refractivity contribution in [3.8, 4) is 0 Å². The van der Waals surface area contributed by atoms with Gasteiger partial charge in [0.15, 0.2) is 0 Å². The van der Waals surface area contributed by atoms with Gasteiger partial charge in [-0.3, -0.25) is 9.88 Å². The highest BCUT2D eigenvalue weighted by molar-refractivity contribution is 5.73. The molecule has 1 spiro atoms. The molecule has 7 nitrogen and oxygen atoms in total. The van der Waals surface area contributed by atoms with Crippen LogP contribution in [0.5, 0.6) is 0 Å². The van der Waals surface area contributed by atoms with Crippen molar-refractivity contribution >= 4 is 11.9 Å². The molecule has 3 fully saturated rings. The zero-order valence-corrected chi connectivity index (χ0v) is 19.0. The number of halogens is 6. The summed E-state index contributed by atoms with van der Waals surface area (Å²) in [6, 6.07) is 6.28. The van der Waals surface area contributed by atoms with Gasteiger partial charge >= 0.3 is 24.3 Å². The van der Waals surface area contributed by atoms with Gasteiger partial charge in [0.2, 0.25) is 0 Å². The van der Waals surface area contributed by atoms with Crippen molar-refractivity contribution in [2.24, 2.45) is 11.3 Å². The van der Waals surface area contributed by atoms with E-state index in [0.29, 0.717) is 5.41 Å². The van der Waals surface area contributed by atoms with Gasteiger partial charge in [-0.05, 0) is 68.7 Å². The Morgan fingerprint density at radius 1 is 0.943 bits per heavy atom. The van der Waals surface area contributed by atoms with E-state index < -0.39 is 24.3 Å². The van der Waals surface area contributed by atoms with Crippen molar-refractivity contribution in [3.05, 3.63) is 30.1 Å². The Balaban J connectivity index is 0.000000257. The molecule has 3 heterocycles. The predicted octanol–water partition coefficient (Wildman–Crippen LogP) is 4.05. The van der Waals surface area contributed by atoms with Crippen LogP contribution in [0.15, 0.2) is 24.4 Å². The molecule has 0 bridgehead atoms. The molecule has 0 aromatic carbocycles. The minimum Gasteiger partial charge on any atom is -0.475 e. The van der Waals surface area contributed by atoms with Gasteiger partial charge in [-0.15, -0.1) is 0 Å². The van der Waals surface area contributed by atoms with E-state index in [2.05, 4.69) is 26.9 Å². The molecule has 2 N–H and O–H groups in total. The van der Waals surface area contributed by atoms with Gasteiger partial charge < -0.3 is 15.1 Å². The van der Waals surface area contributed by atoms with Crippen molar-refractivity contribution in [2.75, 3.05) is 32.7 Å². The van der Waals surface area contributed by atoms with E-state index in [1.165, 1.54) is 70.5 Å². The van der Waals surface area contributed by atoms with Crippen LogP contribution >= 0.6 is 0 Å². The molecule has 1 saturated carbocycles. The zero-order valence-electron chi connectivity index (χ0n) is 19.0. The summed E-state index contributed by atoms with van der Waals surface area (Å²) in [5.41, 5.74) is 1.81. The smallest absolute Gasteiger partial charge is 0.475 e. The number of likely N-dealkylation sites (tertiary alicyclic amines) is 2. The third-order valence-electron chi connectivity index (χ3n) is 6.07. The second kappa shape index (κ2) is 12.0. The summed E-state index contributed by atoms with van der Waals surface area (Å²) in [6.45, 7) is 7.63. The van der Waals surface area contributed by atoms with E-state index in [-0.39, 0.29) is 0 Å². The molecule has 1 aliphatic carbocycles. The molecule has 2 saturated heterocycles. The average molecular weight is 513 g/mol. The first-order chi connectivity index (χ1) is 16.2. The molecule has 4 rings (SSSR count). The van der Waals surface area contributed by atoms with E-state index in [0.717, 1.165) is 12.5 Å². The Morgan fingerprint density at radius 2 is 1.51 bits per heavy atom. The highest BCUT2D eigenvalue weighted by atomic mass is 19.4. The minimum atomic E-state index is -5.08. The molecule has 0 radical (unpaired) electrons. The summed E-state index contributed by atoms with van der Waals surface area (Å²) in [4.78, 5) is 27.7. The zero-order chi connectivity index (χ0) is 26.3. The second-order valence-corrected chi connectivity index (χ2v) is 9.17. The fourth-order valence-corrected chi connectivity index (χ4v) is 4.35.